The molecule has 0 spiro atoms. The third-order valence-corrected chi connectivity index (χ3v) is 4.93. The van der Waals surface area contributed by atoms with Gasteiger partial charge in [0.05, 0.1) is 11.1 Å². The van der Waals surface area contributed by atoms with Gasteiger partial charge in [0, 0.05) is 29.4 Å². The van der Waals surface area contributed by atoms with Crippen LogP contribution in [-0.2, 0) is 6.42 Å². The largest absolute Gasteiger partial charge is 0.394 e. The summed E-state index contributed by atoms with van der Waals surface area (Å²) in [5, 5.41) is 15.5. The van der Waals surface area contributed by atoms with Crippen LogP contribution in [0.1, 0.15) is 12.5 Å². The van der Waals surface area contributed by atoms with Gasteiger partial charge < -0.3 is 15.7 Å². The van der Waals surface area contributed by atoms with Crippen LogP contribution in [0.3, 0.4) is 0 Å². The van der Waals surface area contributed by atoms with Crippen LogP contribution in [0, 0.1) is 0 Å². The Hall–Kier alpha value is -1.35. The minimum Gasteiger partial charge on any atom is -0.394 e. The zero-order valence-electron chi connectivity index (χ0n) is 12.6. The lowest BCUT2D eigenvalue weighted by Gasteiger charge is -2.17. The smallest absolute Gasteiger partial charge is 0.229 e. The predicted octanol–water partition coefficient (Wildman–Crippen LogP) is 2.93. The summed E-state index contributed by atoms with van der Waals surface area (Å²) >= 11 is 5.07. The fraction of sp³-hybridized carbons (Fsp3) is 0.333. The lowest BCUT2D eigenvalue weighted by molar-refractivity contribution is 0.281. The molecule has 0 radical (unpaired) electrons. The maximum Gasteiger partial charge on any atom is 0.229 e. The maximum absolute atomic E-state index is 9.16. The molecule has 1 aliphatic heterocycles. The van der Waals surface area contributed by atoms with E-state index < -0.39 is 0 Å². The van der Waals surface area contributed by atoms with Crippen LogP contribution in [0.4, 0.5) is 17.5 Å². The number of nitrogens with one attached hydrogen (secondary N) is 3. The number of hydrogen-bond acceptors (Lipinski definition) is 7. The van der Waals surface area contributed by atoms with Crippen molar-refractivity contribution in [3.63, 3.8) is 0 Å². The number of benzene rings is 1. The summed E-state index contributed by atoms with van der Waals surface area (Å²) in [7, 11) is 0. The van der Waals surface area contributed by atoms with Gasteiger partial charge >= 0.3 is 0 Å². The van der Waals surface area contributed by atoms with Gasteiger partial charge in [-0.05, 0) is 58.9 Å². The second-order valence-corrected chi connectivity index (χ2v) is 7.10. The van der Waals surface area contributed by atoms with Gasteiger partial charge in [-0.3, -0.25) is 4.72 Å². The molecular weight excluding hydrogens is 378 g/mol. The van der Waals surface area contributed by atoms with Crippen LogP contribution < -0.4 is 15.4 Å². The fourth-order valence-corrected chi connectivity index (χ4v) is 3.34. The molecule has 0 amide bonds. The van der Waals surface area contributed by atoms with Crippen molar-refractivity contribution in [3.05, 3.63) is 34.4 Å². The first kappa shape index (κ1) is 16.5. The van der Waals surface area contributed by atoms with Gasteiger partial charge in [0.2, 0.25) is 5.95 Å². The van der Waals surface area contributed by atoms with Crippen molar-refractivity contribution >= 4 is 45.3 Å². The molecular formula is C15H18BrN5OS. The Bertz CT molecular complexity index is 700. The number of nitrogens with zero attached hydrogens (tertiary/aromatic N) is 2. The van der Waals surface area contributed by atoms with Crippen molar-refractivity contribution in [1.82, 2.24) is 14.7 Å². The molecule has 6 nitrogen and oxygen atoms in total. The van der Waals surface area contributed by atoms with E-state index in [0.717, 1.165) is 23.1 Å². The SMILES string of the molecule is C[C@H](CO)Nc1nc(Nc2ccc3c(c2)SNCC3)ncc1Br. The van der Waals surface area contributed by atoms with E-state index in [4.69, 9.17) is 5.11 Å². The van der Waals surface area contributed by atoms with Crippen molar-refractivity contribution in [3.8, 4) is 0 Å². The molecule has 1 atom stereocenters. The predicted molar refractivity (Wildman–Crippen MR) is 97.2 cm³/mol. The highest BCUT2D eigenvalue weighted by Crippen LogP contribution is 2.29. The Morgan fingerprint density at radius 2 is 2.35 bits per heavy atom. The molecule has 0 aliphatic carbocycles. The Morgan fingerprint density at radius 3 is 3.17 bits per heavy atom. The first-order chi connectivity index (χ1) is 11.2. The fourth-order valence-electron chi connectivity index (χ4n) is 2.19. The maximum atomic E-state index is 9.16. The summed E-state index contributed by atoms with van der Waals surface area (Å²) in [5.41, 5.74) is 2.30. The molecule has 1 aliphatic rings. The van der Waals surface area contributed by atoms with Crippen molar-refractivity contribution in [2.75, 3.05) is 23.8 Å². The van der Waals surface area contributed by atoms with E-state index in [1.807, 2.05) is 13.0 Å². The normalized spacial score (nSPS) is 14.9. The summed E-state index contributed by atoms with van der Waals surface area (Å²) in [5.74, 6) is 1.16. The Balaban J connectivity index is 1.78. The molecule has 1 aromatic carbocycles. The van der Waals surface area contributed by atoms with Crippen molar-refractivity contribution in [2.45, 2.75) is 24.3 Å². The zero-order chi connectivity index (χ0) is 16.2. The summed E-state index contributed by atoms with van der Waals surface area (Å²) < 4.78 is 4.05. The molecule has 23 heavy (non-hydrogen) atoms. The summed E-state index contributed by atoms with van der Waals surface area (Å²) in [6.45, 7) is 2.92. The second-order valence-electron chi connectivity index (χ2n) is 5.31. The van der Waals surface area contributed by atoms with E-state index in [9.17, 15) is 0 Å². The van der Waals surface area contributed by atoms with Gasteiger partial charge in [0.25, 0.3) is 0 Å². The van der Waals surface area contributed by atoms with Crippen LogP contribution in [0.5, 0.6) is 0 Å². The summed E-state index contributed by atoms with van der Waals surface area (Å²) in [6, 6.07) is 6.19. The van der Waals surface area contributed by atoms with Crippen molar-refractivity contribution < 1.29 is 5.11 Å². The number of fused-ring (bicyclic) bond motifs is 1. The molecule has 0 bridgehead atoms. The average Bonchev–Trinajstić information content (AvgIpc) is 2.57. The van der Waals surface area contributed by atoms with E-state index >= 15 is 0 Å². The topological polar surface area (TPSA) is 82.1 Å². The first-order valence-corrected chi connectivity index (χ1v) is 8.96. The molecule has 0 saturated heterocycles. The molecule has 8 heteroatoms. The van der Waals surface area contributed by atoms with Crippen LogP contribution in [0.15, 0.2) is 33.8 Å². The van der Waals surface area contributed by atoms with Gasteiger partial charge in [0.1, 0.15) is 5.82 Å². The standard InChI is InChI=1S/C15H18BrN5OS/c1-9(8-22)19-14-12(16)7-17-15(21-14)20-11-3-2-10-4-5-18-23-13(10)6-11/h2-3,6-7,9,18,22H,4-5,8H2,1H3,(H2,17,19,20,21)/t9-/m1/s1. The quantitative estimate of drug-likeness (QED) is 0.579. The number of aliphatic hydroxyl groups excluding tert-OH is 1. The highest BCUT2D eigenvalue weighted by Gasteiger charge is 2.11. The van der Waals surface area contributed by atoms with Crippen LogP contribution in [0.25, 0.3) is 0 Å². The number of halogens is 1. The van der Waals surface area contributed by atoms with Gasteiger partial charge in [-0.15, -0.1) is 0 Å². The van der Waals surface area contributed by atoms with E-state index in [1.165, 1.54) is 10.5 Å². The highest BCUT2D eigenvalue weighted by atomic mass is 79.9. The van der Waals surface area contributed by atoms with Crippen LogP contribution >= 0.6 is 27.9 Å². The van der Waals surface area contributed by atoms with E-state index in [0.29, 0.717) is 11.8 Å². The third kappa shape index (κ3) is 4.14. The minimum atomic E-state index is -0.0831. The number of rotatable bonds is 5. The van der Waals surface area contributed by atoms with Crippen LogP contribution in [0.2, 0.25) is 0 Å². The third-order valence-electron chi connectivity index (χ3n) is 3.40. The van der Waals surface area contributed by atoms with E-state index in [2.05, 4.69) is 53.4 Å². The summed E-state index contributed by atoms with van der Waals surface area (Å²) in [4.78, 5) is 9.97. The van der Waals surface area contributed by atoms with Gasteiger partial charge in [-0.25, -0.2) is 4.98 Å². The molecule has 122 valence electrons. The number of aromatic nitrogens is 2. The molecule has 1 aromatic heterocycles. The highest BCUT2D eigenvalue weighted by molar-refractivity contribution is 9.10. The average molecular weight is 396 g/mol. The molecule has 2 aromatic rings. The lowest BCUT2D eigenvalue weighted by Crippen LogP contribution is -2.20. The Labute approximate surface area is 147 Å². The molecule has 2 heterocycles. The van der Waals surface area contributed by atoms with Gasteiger partial charge in [-0.2, -0.15) is 4.98 Å². The Kier molecular flexibility index (Phi) is 5.37. The lowest BCUT2D eigenvalue weighted by atomic mass is 10.1. The number of hydrogen-bond donors (Lipinski definition) is 4. The number of aliphatic hydroxyl groups is 1. The molecule has 0 unspecified atom stereocenters. The molecule has 0 saturated carbocycles. The number of anilines is 3. The second kappa shape index (κ2) is 7.48. The first-order valence-electron chi connectivity index (χ1n) is 7.35. The Morgan fingerprint density at radius 1 is 1.48 bits per heavy atom. The van der Waals surface area contributed by atoms with Crippen molar-refractivity contribution in [1.29, 1.82) is 0 Å². The van der Waals surface area contributed by atoms with Crippen molar-refractivity contribution in [2.24, 2.45) is 0 Å². The zero-order valence-corrected chi connectivity index (χ0v) is 15.0. The van der Waals surface area contributed by atoms with Crippen LogP contribution in [-0.4, -0.2) is 34.3 Å². The van der Waals surface area contributed by atoms with Gasteiger partial charge in [0.15, 0.2) is 0 Å². The van der Waals surface area contributed by atoms with E-state index in [-0.39, 0.29) is 12.6 Å². The minimum absolute atomic E-state index is 0.0360. The summed E-state index contributed by atoms with van der Waals surface area (Å²) in [6.07, 6.45) is 2.74. The van der Waals surface area contributed by atoms with E-state index in [1.54, 1.807) is 18.1 Å². The molecule has 4 N–H and O–H groups in total. The van der Waals surface area contributed by atoms with Gasteiger partial charge in [-0.1, -0.05) is 6.07 Å². The molecule has 0 fully saturated rings. The monoisotopic (exact) mass is 395 g/mol. The molecule has 3 rings (SSSR count).